The maximum absolute atomic E-state index is 12.6. The number of carbonyl (C=O) groups excluding carboxylic acids is 1. The van der Waals surface area contributed by atoms with Gasteiger partial charge in [-0.1, -0.05) is 45.7 Å². The predicted octanol–water partition coefficient (Wildman–Crippen LogP) is 3.22. The molecule has 28 heavy (non-hydrogen) atoms. The monoisotopic (exact) mass is 428 g/mol. The summed E-state index contributed by atoms with van der Waals surface area (Å²) in [6.07, 6.45) is 5.03. The van der Waals surface area contributed by atoms with Crippen molar-refractivity contribution in [3.63, 3.8) is 0 Å². The maximum atomic E-state index is 12.6. The molecule has 0 aliphatic carbocycles. The molecule has 0 bridgehead atoms. The molecule has 0 heterocycles. The van der Waals surface area contributed by atoms with Gasteiger partial charge in [-0.15, -0.1) is 12.0 Å². The van der Waals surface area contributed by atoms with Gasteiger partial charge in [0.25, 0.3) is 0 Å². The minimum absolute atomic E-state index is 0.0198. The van der Waals surface area contributed by atoms with Crippen LogP contribution in [0.1, 0.15) is 48.0 Å². The van der Waals surface area contributed by atoms with E-state index in [-0.39, 0.29) is 36.8 Å². The lowest BCUT2D eigenvalue weighted by atomic mass is 10.2. The van der Waals surface area contributed by atoms with Gasteiger partial charge in [-0.2, -0.15) is 4.31 Å². The molecule has 0 aliphatic heterocycles. The molecule has 1 amide bonds. The molecule has 6 nitrogen and oxygen atoms in total. The van der Waals surface area contributed by atoms with Crippen molar-refractivity contribution in [1.29, 1.82) is 0 Å². The number of nitrogens with zero attached hydrogens (tertiary/aromatic N) is 1. The van der Waals surface area contributed by atoms with E-state index >= 15 is 0 Å². The molecule has 0 radical (unpaired) electrons. The number of alkyl carbamates (subject to hydrolysis) is 1. The van der Waals surface area contributed by atoms with Gasteiger partial charge in [0, 0.05) is 6.54 Å². The van der Waals surface area contributed by atoms with Crippen LogP contribution in [-0.2, 0) is 14.8 Å². The van der Waals surface area contributed by atoms with Gasteiger partial charge in [-0.05, 0) is 32.2 Å². The van der Waals surface area contributed by atoms with E-state index in [1.165, 1.54) is 4.31 Å². The number of ether oxygens (including phenoxy) is 1. The molecule has 0 spiro atoms. The summed E-state index contributed by atoms with van der Waals surface area (Å²) in [5, 5.41) is 2.66. The average molecular weight is 429 g/mol. The molecule has 0 saturated carbocycles. The highest BCUT2D eigenvalue weighted by atomic mass is 32.2. The minimum Gasteiger partial charge on any atom is -0.444 e. The quantitative estimate of drug-likeness (QED) is 0.384. The first-order valence-electron chi connectivity index (χ1n) is 9.40. The van der Waals surface area contributed by atoms with Crippen LogP contribution in [0.4, 0.5) is 4.79 Å². The molecule has 0 atom stereocenters. The van der Waals surface area contributed by atoms with Crippen molar-refractivity contribution in [3.8, 4) is 23.8 Å². The van der Waals surface area contributed by atoms with Crippen molar-refractivity contribution in [2.45, 2.75) is 71.7 Å². The summed E-state index contributed by atoms with van der Waals surface area (Å²) in [5.41, 5.74) is 2.71. The molecule has 0 aromatic heterocycles. The van der Waals surface area contributed by atoms with E-state index in [2.05, 4.69) is 56.6 Å². The van der Waals surface area contributed by atoms with E-state index in [9.17, 15) is 13.2 Å². The van der Waals surface area contributed by atoms with Crippen LogP contribution in [0.3, 0.4) is 0 Å². The largest absolute Gasteiger partial charge is 0.444 e. The van der Waals surface area contributed by atoms with Crippen LogP contribution in [0.25, 0.3) is 0 Å². The Balaban J connectivity index is 4.82. The lowest BCUT2D eigenvalue weighted by Crippen LogP contribution is -2.38. The van der Waals surface area contributed by atoms with Gasteiger partial charge >= 0.3 is 6.09 Å². The molecule has 160 valence electrons. The number of nitrogens with one attached hydrogen (secondary N) is 1. The van der Waals surface area contributed by atoms with Crippen molar-refractivity contribution >= 4 is 24.2 Å². The van der Waals surface area contributed by atoms with Gasteiger partial charge in [0.2, 0.25) is 10.0 Å². The summed E-state index contributed by atoms with van der Waals surface area (Å²) < 4.78 is 31.5. The molecular formula is C20H36N2O4SSi. The third-order valence-corrected chi connectivity index (χ3v) is 10.8. The first kappa shape index (κ1) is 26.5. The van der Waals surface area contributed by atoms with Crippen molar-refractivity contribution in [3.05, 3.63) is 0 Å². The van der Waals surface area contributed by atoms with E-state index in [0.29, 0.717) is 0 Å². The molecular weight excluding hydrogens is 392 g/mol. The lowest BCUT2D eigenvalue weighted by molar-refractivity contribution is 0.0528. The topological polar surface area (TPSA) is 75.7 Å². The second-order valence-corrected chi connectivity index (χ2v) is 16.3. The van der Waals surface area contributed by atoms with Crippen LogP contribution < -0.4 is 5.32 Å². The predicted molar refractivity (Wildman–Crippen MR) is 118 cm³/mol. The fourth-order valence-corrected chi connectivity index (χ4v) is 3.97. The van der Waals surface area contributed by atoms with Crippen molar-refractivity contribution < 1.29 is 17.9 Å². The highest BCUT2D eigenvalue weighted by Crippen LogP contribution is 2.35. The van der Waals surface area contributed by atoms with E-state index in [4.69, 9.17) is 11.2 Å². The highest BCUT2D eigenvalue weighted by molar-refractivity contribution is 7.89. The molecule has 0 unspecified atom stereocenters. The molecule has 0 aliphatic rings. The molecule has 0 aromatic carbocycles. The second-order valence-electron chi connectivity index (χ2n) is 9.25. The molecule has 0 saturated heterocycles. The third-order valence-electron chi connectivity index (χ3n) is 4.44. The zero-order valence-corrected chi connectivity index (χ0v) is 20.4. The van der Waals surface area contributed by atoms with Crippen molar-refractivity contribution in [1.82, 2.24) is 9.62 Å². The Morgan fingerprint density at radius 3 is 2.18 bits per heavy atom. The van der Waals surface area contributed by atoms with Crippen LogP contribution in [0.5, 0.6) is 0 Å². The van der Waals surface area contributed by atoms with Crippen LogP contribution in [0.2, 0.25) is 18.1 Å². The number of rotatable bonds is 7. The van der Waals surface area contributed by atoms with Crippen molar-refractivity contribution in [2.24, 2.45) is 0 Å². The van der Waals surface area contributed by atoms with Gasteiger partial charge in [0.05, 0.1) is 18.8 Å². The normalized spacial score (nSPS) is 12.7. The van der Waals surface area contributed by atoms with Gasteiger partial charge in [0.15, 0.2) is 0 Å². The van der Waals surface area contributed by atoms with Crippen LogP contribution in [-0.4, -0.2) is 57.9 Å². The zero-order valence-electron chi connectivity index (χ0n) is 18.6. The van der Waals surface area contributed by atoms with Gasteiger partial charge in [-0.3, -0.25) is 0 Å². The second kappa shape index (κ2) is 10.3. The van der Waals surface area contributed by atoms with Crippen LogP contribution >= 0.6 is 0 Å². The average Bonchev–Trinajstić information content (AvgIpc) is 2.47. The van der Waals surface area contributed by atoms with Crippen molar-refractivity contribution in [2.75, 3.05) is 25.4 Å². The number of carbonyl (C=O) groups is 1. The summed E-state index contributed by atoms with van der Waals surface area (Å²) in [7, 11) is -5.37. The third kappa shape index (κ3) is 10.2. The first-order chi connectivity index (χ1) is 12.5. The maximum Gasteiger partial charge on any atom is 0.407 e. The molecule has 0 fully saturated rings. The van der Waals surface area contributed by atoms with Crippen LogP contribution in [0.15, 0.2) is 0 Å². The summed E-state index contributed by atoms with van der Waals surface area (Å²) in [5.74, 6) is 5.30. The van der Waals surface area contributed by atoms with E-state index in [0.717, 1.165) is 0 Å². The summed E-state index contributed by atoms with van der Waals surface area (Å²) in [6.45, 7) is 16.4. The Hall–Kier alpha value is -1.48. The fraction of sp³-hybridized carbons (Fsp3) is 0.750. The number of amides is 1. The Labute approximate surface area is 172 Å². The number of sulfonamides is 1. The Bertz CT molecular complexity index is 729. The summed E-state index contributed by atoms with van der Waals surface area (Å²) in [6, 6.07) is 0. The SMILES string of the molecule is C#CCN(CC#C[Si](C)(C)C(C)(C)C)S(=O)(=O)CCCNC(=O)OC(C)(C)C. The van der Waals surface area contributed by atoms with Gasteiger partial charge < -0.3 is 10.1 Å². The Morgan fingerprint density at radius 1 is 1.14 bits per heavy atom. The Morgan fingerprint density at radius 2 is 1.71 bits per heavy atom. The lowest BCUT2D eigenvalue weighted by Gasteiger charge is -2.31. The zero-order chi connectivity index (χ0) is 22.2. The molecule has 1 N–H and O–H groups in total. The first-order valence-corrected chi connectivity index (χ1v) is 14.0. The van der Waals surface area contributed by atoms with Crippen LogP contribution in [0, 0.1) is 23.8 Å². The summed E-state index contributed by atoms with van der Waals surface area (Å²) >= 11 is 0. The number of hydrogen-bond donors (Lipinski definition) is 1. The van der Waals surface area contributed by atoms with Gasteiger partial charge in [-0.25, -0.2) is 13.2 Å². The standard InChI is InChI=1S/C20H36N2O4SSi/c1-10-14-22(15-12-17-28(8,9)20(5,6)7)27(24,25)16-11-13-21-18(23)26-19(2,3)4/h1H,11,13-16H2,2-9H3,(H,21,23). The van der Waals surface area contributed by atoms with Gasteiger partial charge in [0.1, 0.15) is 13.7 Å². The highest BCUT2D eigenvalue weighted by Gasteiger charge is 2.33. The molecule has 0 aromatic rings. The van der Waals surface area contributed by atoms with E-state index < -0.39 is 29.8 Å². The summed E-state index contributed by atoms with van der Waals surface area (Å²) in [4.78, 5) is 11.6. The smallest absolute Gasteiger partial charge is 0.407 e. The fourth-order valence-electron chi connectivity index (χ4n) is 1.78. The molecule has 0 rings (SSSR count). The molecule has 8 heteroatoms. The van der Waals surface area contributed by atoms with E-state index in [1.807, 2.05) is 0 Å². The number of terminal acetylenes is 1. The van der Waals surface area contributed by atoms with E-state index in [1.54, 1.807) is 20.8 Å². The minimum atomic E-state index is -3.56. The Kier molecular flexibility index (Phi) is 9.79. The number of hydrogen-bond acceptors (Lipinski definition) is 4.